The van der Waals surface area contributed by atoms with Gasteiger partial charge in [-0.15, -0.1) is 0 Å². The summed E-state index contributed by atoms with van der Waals surface area (Å²) in [6, 6.07) is 10.0. The van der Waals surface area contributed by atoms with Crippen molar-refractivity contribution in [1.29, 1.82) is 5.26 Å². The first-order valence-electron chi connectivity index (χ1n) is 10.5. The molecule has 0 atom stereocenters. The van der Waals surface area contributed by atoms with Gasteiger partial charge in [0.2, 0.25) is 0 Å². The zero-order chi connectivity index (χ0) is 23.1. The Balaban J connectivity index is 1.73. The minimum Gasteiger partial charge on any atom is -0.303 e. The van der Waals surface area contributed by atoms with Crippen LogP contribution in [0.2, 0.25) is 0 Å². The molecule has 2 heterocycles. The summed E-state index contributed by atoms with van der Waals surface area (Å²) in [6.07, 6.45) is 1.39. The number of halogens is 3. The quantitative estimate of drug-likeness (QED) is 0.564. The second-order valence-electron chi connectivity index (χ2n) is 8.11. The molecule has 1 aliphatic carbocycles. The Morgan fingerprint density at radius 1 is 1.22 bits per heavy atom. The lowest BCUT2D eigenvalue weighted by molar-refractivity contribution is -0.138. The SMILES string of the molecule is CCCCc1ccc(N2C(=S)N(c3cnc(C#N)c(C(F)(F)F)c3)C(=O)C23CCC3)cc1. The molecular weight excluding hydrogens is 437 g/mol. The molecular formula is C23H21F3N4OS. The number of benzene rings is 1. The lowest BCUT2D eigenvalue weighted by Gasteiger charge is -2.43. The fraction of sp³-hybridized carbons (Fsp3) is 0.391. The van der Waals surface area contributed by atoms with Gasteiger partial charge < -0.3 is 4.90 Å². The maximum Gasteiger partial charge on any atom is 0.419 e. The Hall–Kier alpha value is -2.99. The van der Waals surface area contributed by atoms with Crippen LogP contribution in [0, 0.1) is 11.3 Å². The van der Waals surface area contributed by atoms with Crippen molar-refractivity contribution >= 4 is 34.6 Å². The highest BCUT2D eigenvalue weighted by Crippen LogP contribution is 2.48. The summed E-state index contributed by atoms with van der Waals surface area (Å²) in [4.78, 5) is 20.0. The number of alkyl halides is 3. The minimum absolute atomic E-state index is 0.0836. The number of nitrogens with zero attached hydrogens (tertiary/aromatic N) is 4. The molecule has 32 heavy (non-hydrogen) atoms. The number of nitriles is 1. The van der Waals surface area contributed by atoms with Crippen molar-refractivity contribution in [2.24, 2.45) is 0 Å². The highest BCUT2D eigenvalue weighted by molar-refractivity contribution is 7.81. The van der Waals surface area contributed by atoms with Gasteiger partial charge in [0.05, 0.1) is 17.4 Å². The van der Waals surface area contributed by atoms with Crippen molar-refractivity contribution in [3.8, 4) is 6.07 Å². The van der Waals surface area contributed by atoms with Crippen LogP contribution < -0.4 is 9.80 Å². The molecule has 2 aromatic rings. The molecule has 0 radical (unpaired) electrons. The molecule has 0 bridgehead atoms. The van der Waals surface area contributed by atoms with Crippen LogP contribution in [-0.4, -0.2) is 21.5 Å². The first kappa shape index (κ1) is 22.2. The van der Waals surface area contributed by atoms with Crippen LogP contribution in [0.3, 0.4) is 0 Å². The summed E-state index contributed by atoms with van der Waals surface area (Å²) in [5.74, 6) is -0.358. The van der Waals surface area contributed by atoms with Crippen molar-refractivity contribution < 1.29 is 18.0 Å². The third-order valence-electron chi connectivity index (χ3n) is 6.15. The van der Waals surface area contributed by atoms with E-state index in [0.29, 0.717) is 12.8 Å². The number of unbranched alkanes of at least 4 members (excludes halogenated alkanes) is 1. The van der Waals surface area contributed by atoms with Gasteiger partial charge in [0, 0.05) is 5.69 Å². The highest BCUT2D eigenvalue weighted by atomic mass is 32.1. The average Bonchev–Trinajstić information content (AvgIpc) is 2.98. The summed E-state index contributed by atoms with van der Waals surface area (Å²) in [5, 5.41) is 9.13. The Morgan fingerprint density at radius 3 is 2.44 bits per heavy atom. The molecule has 1 amide bonds. The van der Waals surface area contributed by atoms with Gasteiger partial charge in [0.1, 0.15) is 11.6 Å². The fourth-order valence-electron chi connectivity index (χ4n) is 4.28. The Bertz CT molecular complexity index is 1100. The Morgan fingerprint density at radius 2 is 1.91 bits per heavy atom. The predicted molar refractivity (Wildman–Crippen MR) is 118 cm³/mol. The number of hydrogen-bond donors (Lipinski definition) is 0. The van der Waals surface area contributed by atoms with E-state index in [1.54, 1.807) is 4.90 Å². The number of anilines is 2. The van der Waals surface area contributed by atoms with Crippen molar-refractivity contribution in [1.82, 2.24) is 4.98 Å². The van der Waals surface area contributed by atoms with Gasteiger partial charge in [-0.25, -0.2) is 4.98 Å². The van der Waals surface area contributed by atoms with E-state index in [0.717, 1.165) is 48.5 Å². The third-order valence-corrected chi connectivity index (χ3v) is 6.51. The Kier molecular flexibility index (Phi) is 5.67. The number of amides is 1. The molecule has 2 aliphatic rings. The van der Waals surface area contributed by atoms with Crippen LogP contribution >= 0.6 is 12.2 Å². The average molecular weight is 459 g/mol. The lowest BCUT2D eigenvalue weighted by Crippen LogP contribution is -2.55. The first-order valence-corrected chi connectivity index (χ1v) is 10.9. The van der Waals surface area contributed by atoms with Gasteiger partial charge in [0.15, 0.2) is 10.8 Å². The zero-order valence-corrected chi connectivity index (χ0v) is 18.3. The van der Waals surface area contributed by atoms with Crippen LogP contribution in [0.1, 0.15) is 55.8 Å². The Labute approximate surface area is 189 Å². The van der Waals surface area contributed by atoms with Crippen molar-refractivity contribution in [2.75, 3.05) is 9.80 Å². The van der Waals surface area contributed by atoms with Crippen molar-refractivity contribution in [3.05, 3.63) is 53.3 Å². The molecule has 4 rings (SSSR count). The third kappa shape index (κ3) is 3.52. The summed E-state index contributed by atoms with van der Waals surface area (Å²) in [7, 11) is 0. The molecule has 0 unspecified atom stereocenters. The topological polar surface area (TPSA) is 60.2 Å². The second-order valence-corrected chi connectivity index (χ2v) is 8.48. The largest absolute Gasteiger partial charge is 0.419 e. The first-order chi connectivity index (χ1) is 15.2. The van der Waals surface area contributed by atoms with Gasteiger partial charge in [-0.3, -0.25) is 9.69 Å². The summed E-state index contributed by atoms with van der Waals surface area (Å²) < 4.78 is 40.4. The number of carbonyl (C=O) groups excluding carboxylic acids is 1. The monoisotopic (exact) mass is 458 g/mol. The number of aromatic nitrogens is 1. The molecule has 1 saturated carbocycles. The van der Waals surface area contributed by atoms with E-state index < -0.39 is 23.0 Å². The van der Waals surface area contributed by atoms with Gasteiger partial charge in [0.25, 0.3) is 5.91 Å². The van der Waals surface area contributed by atoms with Crippen LogP contribution in [0.4, 0.5) is 24.5 Å². The maximum absolute atomic E-state index is 13.5. The molecule has 0 N–H and O–H groups in total. The van der Waals surface area contributed by atoms with E-state index in [9.17, 15) is 18.0 Å². The summed E-state index contributed by atoms with van der Waals surface area (Å²) in [6.45, 7) is 2.12. The van der Waals surface area contributed by atoms with Gasteiger partial charge in [-0.1, -0.05) is 25.5 Å². The molecule has 1 saturated heterocycles. The number of hydrogen-bond acceptors (Lipinski definition) is 4. The fourth-order valence-corrected chi connectivity index (χ4v) is 4.75. The molecule has 1 spiro atoms. The number of pyridine rings is 1. The van der Waals surface area contributed by atoms with E-state index in [4.69, 9.17) is 17.5 Å². The standard InChI is InChI=1S/C23H21F3N4OS/c1-2-3-5-15-6-8-16(9-7-15)30-21(32)29(20(31)22(30)10-4-11-22)17-12-18(23(24,25)26)19(13-27)28-14-17/h6-9,12,14H,2-5,10-11H2,1H3. The number of aryl methyl sites for hydroxylation is 1. The molecule has 5 nitrogen and oxygen atoms in total. The van der Waals surface area contributed by atoms with Crippen molar-refractivity contribution in [2.45, 2.75) is 57.2 Å². The summed E-state index contributed by atoms with van der Waals surface area (Å²) >= 11 is 5.61. The minimum atomic E-state index is -4.78. The second kappa shape index (κ2) is 8.17. The molecule has 2 fully saturated rings. The van der Waals surface area contributed by atoms with Gasteiger partial charge >= 0.3 is 6.18 Å². The van der Waals surface area contributed by atoms with Crippen LogP contribution in [0.5, 0.6) is 0 Å². The van der Waals surface area contributed by atoms with E-state index in [-0.39, 0.29) is 16.7 Å². The summed E-state index contributed by atoms with van der Waals surface area (Å²) in [5.41, 5.74) is -0.985. The van der Waals surface area contributed by atoms with E-state index in [1.807, 2.05) is 24.3 Å². The van der Waals surface area contributed by atoms with Crippen molar-refractivity contribution in [3.63, 3.8) is 0 Å². The zero-order valence-electron chi connectivity index (χ0n) is 17.4. The van der Waals surface area contributed by atoms with Crippen LogP contribution in [-0.2, 0) is 17.4 Å². The van der Waals surface area contributed by atoms with Crippen LogP contribution in [0.15, 0.2) is 36.5 Å². The van der Waals surface area contributed by atoms with E-state index in [2.05, 4.69) is 11.9 Å². The highest BCUT2D eigenvalue weighted by Gasteiger charge is 2.59. The molecule has 1 aromatic heterocycles. The van der Waals surface area contributed by atoms with E-state index >= 15 is 0 Å². The lowest BCUT2D eigenvalue weighted by atomic mass is 9.75. The molecule has 9 heteroatoms. The molecule has 1 aliphatic heterocycles. The van der Waals surface area contributed by atoms with Gasteiger partial charge in [-0.2, -0.15) is 18.4 Å². The van der Waals surface area contributed by atoms with Gasteiger partial charge in [-0.05, 0) is 68.1 Å². The number of rotatable bonds is 5. The maximum atomic E-state index is 13.5. The smallest absolute Gasteiger partial charge is 0.303 e. The molecule has 166 valence electrons. The van der Waals surface area contributed by atoms with E-state index in [1.165, 1.54) is 11.6 Å². The predicted octanol–water partition coefficient (Wildman–Crippen LogP) is 5.38. The number of thiocarbonyl (C=S) groups is 1. The molecule has 1 aromatic carbocycles. The van der Waals surface area contributed by atoms with Crippen LogP contribution in [0.25, 0.3) is 0 Å². The number of carbonyl (C=O) groups is 1. The normalized spacial score (nSPS) is 17.6.